The Morgan fingerprint density at radius 2 is 1.86 bits per heavy atom. The number of piperazine rings is 1. The van der Waals surface area contributed by atoms with Crippen LogP contribution in [-0.2, 0) is 6.42 Å². The minimum Gasteiger partial charge on any atom is -0.368 e. The van der Waals surface area contributed by atoms with Crippen LogP contribution in [0.15, 0.2) is 59.9 Å². The first-order chi connectivity index (χ1) is 14.2. The monoisotopic (exact) mass is 390 g/mol. The molecule has 3 aromatic rings. The number of aromatic nitrogens is 2. The van der Waals surface area contributed by atoms with Gasteiger partial charge in [-0.2, -0.15) is 0 Å². The van der Waals surface area contributed by atoms with Gasteiger partial charge >= 0.3 is 0 Å². The summed E-state index contributed by atoms with van der Waals surface area (Å²) in [6.07, 6.45) is 5.02. The number of guanidine groups is 1. The van der Waals surface area contributed by atoms with Crippen molar-refractivity contribution in [3.05, 3.63) is 66.1 Å². The number of nitrogens with one attached hydrogen (secondary N) is 1. The summed E-state index contributed by atoms with van der Waals surface area (Å²) in [7, 11) is 0. The predicted molar refractivity (Wildman–Crippen MR) is 120 cm³/mol. The van der Waals surface area contributed by atoms with Crippen molar-refractivity contribution >= 4 is 17.3 Å². The van der Waals surface area contributed by atoms with Gasteiger partial charge in [-0.25, -0.2) is 4.98 Å². The van der Waals surface area contributed by atoms with Crippen molar-refractivity contribution in [2.75, 3.05) is 44.2 Å². The van der Waals surface area contributed by atoms with Gasteiger partial charge in [-0.05, 0) is 37.6 Å². The third kappa shape index (κ3) is 4.53. The number of hydrogen-bond donors (Lipinski definition) is 1. The number of para-hydroxylation sites is 1. The van der Waals surface area contributed by atoms with Gasteiger partial charge < -0.3 is 19.5 Å². The van der Waals surface area contributed by atoms with E-state index in [-0.39, 0.29) is 0 Å². The van der Waals surface area contributed by atoms with Crippen molar-refractivity contribution in [1.82, 2.24) is 19.6 Å². The predicted octanol–water partition coefficient (Wildman–Crippen LogP) is 2.97. The second-order valence-electron chi connectivity index (χ2n) is 7.45. The number of nitrogens with zero attached hydrogens (tertiary/aromatic N) is 5. The lowest BCUT2D eigenvalue weighted by molar-refractivity contribution is 0.372. The Bertz CT molecular complexity index is 954. The van der Waals surface area contributed by atoms with Crippen LogP contribution in [0, 0.1) is 6.92 Å². The molecule has 4 rings (SSSR count). The summed E-state index contributed by atoms with van der Waals surface area (Å²) >= 11 is 0. The van der Waals surface area contributed by atoms with E-state index in [0.29, 0.717) is 0 Å². The molecule has 0 spiro atoms. The van der Waals surface area contributed by atoms with Gasteiger partial charge in [-0.3, -0.25) is 4.99 Å². The fraction of sp³-hybridized carbons (Fsp3) is 0.391. The Morgan fingerprint density at radius 3 is 2.59 bits per heavy atom. The number of aryl methyl sites for hydroxylation is 1. The molecular weight excluding hydrogens is 360 g/mol. The number of fused-ring (bicyclic) bond motifs is 1. The van der Waals surface area contributed by atoms with Crippen LogP contribution in [0.2, 0.25) is 0 Å². The van der Waals surface area contributed by atoms with Gasteiger partial charge in [-0.1, -0.05) is 24.3 Å². The zero-order valence-corrected chi connectivity index (χ0v) is 17.4. The third-order valence-electron chi connectivity index (χ3n) is 5.39. The molecule has 0 bridgehead atoms. The first-order valence-corrected chi connectivity index (χ1v) is 10.5. The summed E-state index contributed by atoms with van der Waals surface area (Å²) in [4.78, 5) is 14.5. The number of imidazole rings is 1. The maximum Gasteiger partial charge on any atom is 0.194 e. The van der Waals surface area contributed by atoms with Crippen LogP contribution < -0.4 is 10.2 Å². The van der Waals surface area contributed by atoms with E-state index in [1.54, 1.807) is 0 Å². The number of anilines is 1. The molecule has 0 amide bonds. The van der Waals surface area contributed by atoms with Gasteiger partial charge in [-0.15, -0.1) is 0 Å². The second kappa shape index (κ2) is 8.99. The molecule has 1 aromatic carbocycles. The molecule has 29 heavy (non-hydrogen) atoms. The molecule has 1 saturated heterocycles. The average Bonchev–Trinajstić information content (AvgIpc) is 3.18. The number of rotatable bonds is 5. The Labute approximate surface area is 172 Å². The minimum atomic E-state index is 0.740. The van der Waals surface area contributed by atoms with E-state index >= 15 is 0 Å². The first kappa shape index (κ1) is 19.3. The SMILES string of the molecule is CCNC(=NCCc1cn2cccc(C)c2n1)N1CCN(c2ccccc2)CC1. The van der Waals surface area contributed by atoms with E-state index < -0.39 is 0 Å². The number of pyridine rings is 1. The topological polar surface area (TPSA) is 48.2 Å². The molecule has 1 N–H and O–H groups in total. The normalized spacial score (nSPS) is 15.2. The lowest BCUT2D eigenvalue weighted by Gasteiger charge is -2.37. The van der Waals surface area contributed by atoms with E-state index in [1.165, 1.54) is 11.3 Å². The van der Waals surface area contributed by atoms with Crippen LogP contribution in [0.4, 0.5) is 5.69 Å². The second-order valence-corrected chi connectivity index (χ2v) is 7.45. The molecule has 6 heteroatoms. The number of hydrogen-bond acceptors (Lipinski definition) is 3. The van der Waals surface area contributed by atoms with Gasteiger partial charge in [0.2, 0.25) is 0 Å². The van der Waals surface area contributed by atoms with Crippen LogP contribution in [0.3, 0.4) is 0 Å². The van der Waals surface area contributed by atoms with Gasteiger partial charge in [0, 0.05) is 63.8 Å². The summed E-state index contributed by atoms with van der Waals surface area (Å²) in [6.45, 7) is 9.83. The van der Waals surface area contributed by atoms with E-state index in [4.69, 9.17) is 9.98 Å². The smallest absolute Gasteiger partial charge is 0.194 e. The molecule has 1 fully saturated rings. The van der Waals surface area contributed by atoms with Crippen molar-refractivity contribution < 1.29 is 0 Å². The maximum absolute atomic E-state index is 4.89. The minimum absolute atomic E-state index is 0.740. The molecule has 0 atom stereocenters. The molecule has 2 aromatic heterocycles. The summed E-state index contributed by atoms with van der Waals surface area (Å²) in [5.74, 6) is 1.01. The van der Waals surface area contributed by atoms with Crippen LogP contribution in [0.25, 0.3) is 5.65 Å². The van der Waals surface area contributed by atoms with E-state index in [9.17, 15) is 0 Å². The van der Waals surface area contributed by atoms with Crippen molar-refractivity contribution in [3.63, 3.8) is 0 Å². The fourth-order valence-electron chi connectivity index (χ4n) is 3.84. The number of aliphatic imine (C=N–C) groups is 1. The highest BCUT2D eigenvalue weighted by Crippen LogP contribution is 2.15. The van der Waals surface area contributed by atoms with Crippen molar-refractivity contribution in [3.8, 4) is 0 Å². The van der Waals surface area contributed by atoms with E-state index in [0.717, 1.165) is 63.0 Å². The van der Waals surface area contributed by atoms with E-state index in [1.807, 2.05) is 0 Å². The van der Waals surface area contributed by atoms with Crippen molar-refractivity contribution in [2.45, 2.75) is 20.3 Å². The highest BCUT2D eigenvalue weighted by molar-refractivity contribution is 5.80. The average molecular weight is 391 g/mol. The quantitative estimate of drug-likeness (QED) is 0.538. The van der Waals surface area contributed by atoms with E-state index in [2.05, 4.69) is 88.2 Å². The molecule has 1 aliphatic rings. The van der Waals surface area contributed by atoms with Gasteiger partial charge in [0.25, 0.3) is 0 Å². The van der Waals surface area contributed by atoms with Crippen molar-refractivity contribution in [2.24, 2.45) is 4.99 Å². The highest BCUT2D eigenvalue weighted by atomic mass is 15.3. The molecule has 0 radical (unpaired) electrons. The van der Waals surface area contributed by atoms with Gasteiger partial charge in [0.1, 0.15) is 5.65 Å². The summed E-state index contributed by atoms with van der Waals surface area (Å²) < 4.78 is 2.10. The molecule has 3 heterocycles. The Hall–Kier alpha value is -3.02. The third-order valence-corrected chi connectivity index (χ3v) is 5.39. The molecule has 0 saturated carbocycles. The van der Waals surface area contributed by atoms with Crippen LogP contribution >= 0.6 is 0 Å². The largest absolute Gasteiger partial charge is 0.368 e. The Kier molecular flexibility index (Phi) is 5.98. The molecule has 152 valence electrons. The molecule has 0 aliphatic carbocycles. The molecule has 1 aliphatic heterocycles. The summed E-state index contributed by atoms with van der Waals surface area (Å²) in [6, 6.07) is 14.8. The Morgan fingerprint density at radius 1 is 1.07 bits per heavy atom. The van der Waals surface area contributed by atoms with Crippen molar-refractivity contribution in [1.29, 1.82) is 0 Å². The zero-order chi connectivity index (χ0) is 20.1. The fourth-order valence-corrected chi connectivity index (χ4v) is 3.84. The van der Waals surface area contributed by atoms with Crippen LogP contribution in [-0.4, -0.2) is 59.5 Å². The molecular formula is C23H30N6. The number of benzene rings is 1. The lowest BCUT2D eigenvalue weighted by Crippen LogP contribution is -2.52. The summed E-state index contributed by atoms with van der Waals surface area (Å²) in [5.41, 5.74) is 4.63. The Balaban J connectivity index is 1.37. The zero-order valence-electron chi connectivity index (χ0n) is 17.4. The lowest BCUT2D eigenvalue weighted by atomic mass is 10.2. The maximum atomic E-state index is 4.89. The standard InChI is InChI=1S/C23H30N6/c1-3-24-23(28-16-14-27(15-17-28)21-9-5-4-6-10-21)25-12-11-20-18-29-13-7-8-19(2)22(29)26-20/h4-10,13,18H,3,11-12,14-17H2,1-2H3,(H,24,25). The molecule has 0 unspecified atom stereocenters. The molecule has 6 nitrogen and oxygen atoms in total. The van der Waals surface area contributed by atoms with Crippen LogP contribution in [0.1, 0.15) is 18.2 Å². The first-order valence-electron chi connectivity index (χ1n) is 10.5. The van der Waals surface area contributed by atoms with Gasteiger partial charge in [0.05, 0.1) is 5.69 Å². The van der Waals surface area contributed by atoms with Crippen LogP contribution in [0.5, 0.6) is 0 Å². The van der Waals surface area contributed by atoms with Gasteiger partial charge in [0.15, 0.2) is 5.96 Å². The summed E-state index contributed by atoms with van der Waals surface area (Å²) in [5, 5.41) is 3.46. The highest BCUT2D eigenvalue weighted by Gasteiger charge is 2.19.